The van der Waals surface area contributed by atoms with Crippen molar-refractivity contribution in [3.05, 3.63) is 24.3 Å². The molecule has 2 fully saturated rings. The van der Waals surface area contributed by atoms with E-state index in [-0.39, 0.29) is 11.9 Å². The molecule has 0 aromatic heterocycles. The number of thioether (sulfide) groups is 1. The van der Waals surface area contributed by atoms with Gasteiger partial charge in [-0.1, -0.05) is 13.0 Å². The molecule has 2 aliphatic heterocycles. The maximum absolute atomic E-state index is 12.1. The summed E-state index contributed by atoms with van der Waals surface area (Å²) in [6.45, 7) is 4.54. The van der Waals surface area contributed by atoms with E-state index in [0.29, 0.717) is 0 Å². The van der Waals surface area contributed by atoms with Crippen LogP contribution in [0.5, 0.6) is 0 Å². The summed E-state index contributed by atoms with van der Waals surface area (Å²) in [5, 5.41) is 6.23. The Hall–Kier alpha value is -1.20. The van der Waals surface area contributed by atoms with Crippen molar-refractivity contribution < 1.29 is 4.79 Å². The van der Waals surface area contributed by atoms with Crippen LogP contribution in [-0.2, 0) is 4.79 Å². The number of piperidine rings is 1. The molecule has 1 aromatic rings. The SMILES string of the molecule is CC1CCN(c2cccc(NC(=O)C3CSCN3)c2)CC1. The first kappa shape index (κ1) is 14.7. The molecule has 1 amide bonds. The fourth-order valence-corrected chi connectivity index (χ4v) is 3.78. The van der Waals surface area contributed by atoms with Crippen molar-refractivity contribution in [2.24, 2.45) is 5.92 Å². The van der Waals surface area contributed by atoms with E-state index in [1.807, 2.05) is 12.1 Å². The van der Waals surface area contributed by atoms with Crippen LogP contribution in [0, 0.1) is 5.92 Å². The summed E-state index contributed by atoms with van der Waals surface area (Å²) in [6, 6.07) is 8.16. The minimum Gasteiger partial charge on any atom is -0.371 e. The summed E-state index contributed by atoms with van der Waals surface area (Å²) in [4.78, 5) is 14.6. The molecule has 0 radical (unpaired) electrons. The quantitative estimate of drug-likeness (QED) is 0.901. The molecular weight excluding hydrogens is 282 g/mol. The van der Waals surface area contributed by atoms with E-state index in [1.54, 1.807) is 11.8 Å². The van der Waals surface area contributed by atoms with Crippen molar-refractivity contribution in [3.8, 4) is 0 Å². The Kier molecular flexibility index (Phi) is 4.70. The molecular formula is C16H23N3OS. The van der Waals surface area contributed by atoms with Gasteiger partial charge in [-0.05, 0) is 37.0 Å². The molecule has 2 saturated heterocycles. The van der Waals surface area contributed by atoms with Crippen LogP contribution >= 0.6 is 11.8 Å². The van der Waals surface area contributed by atoms with E-state index in [2.05, 4.69) is 34.6 Å². The third-order valence-corrected chi connectivity index (χ3v) is 5.24. The second-order valence-electron chi connectivity index (χ2n) is 5.98. The Balaban J connectivity index is 1.64. The van der Waals surface area contributed by atoms with E-state index in [1.165, 1.54) is 18.5 Å². The zero-order chi connectivity index (χ0) is 14.7. The number of anilines is 2. The molecule has 5 heteroatoms. The lowest BCUT2D eigenvalue weighted by Crippen LogP contribution is -2.37. The average Bonchev–Trinajstić information content (AvgIpc) is 3.02. The number of carbonyl (C=O) groups excluding carboxylic acids is 1. The van der Waals surface area contributed by atoms with Gasteiger partial charge in [0.2, 0.25) is 5.91 Å². The van der Waals surface area contributed by atoms with Gasteiger partial charge in [0.1, 0.15) is 0 Å². The first-order chi connectivity index (χ1) is 10.2. The molecule has 0 saturated carbocycles. The van der Waals surface area contributed by atoms with Crippen molar-refractivity contribution in [1.29, 1.82) is 0 Å². The Morgan fingerprint density at radius 2 is 2.19 bits per heavy atom. The molecule has 21 heavy (non-hydrogen) atoms. The molecule has 1 atom stereocenters. The van der Waals surface area contributed by atoms with Crippen molar-refractivity contribution in [2.45, 2.75) is 25.8 Å². The van der Waals surface area contributed by atoms with Gasteiger partial charge in [0, 0.05) is 36.1 Å². The Bertz CT molecular complexity index is 494. The molecule has 114 valence electrons. The van der Waals surface area contributed by atoms with Gasteiger partial charge in [-0.2, -0.15) is 0 Å². The predicted octanol–water partition coefficient (Wildman–Crippen LogP) is 2.52. The molecule has 4 nitrogen and oxygen atoms in total. The van der Waals surface area contributed by atoms with Crippen LogP contribution in [0.25, 0.3) is 0 Å². The lowest BCUT2D eigenvalue weighted by Gasteiger charge is -2.32. The average molecular weight is 305 g/mol. The highest BCUT2D eigenvalue weighted by molar-refractivity contribution is 7.99. The highest BCUT2D eigenvalue weighted by Crippen LogP contribution is 2.25. The summed E-state index contributed by atoms with van der Waals surface area (Å²) in [7, 11) is 0. The minimum absolute atomic E-state index is 0.0607. The van der Waals surface area contributed by atoms with Gasteiger partial charge in [0.15, 0.2) is 0 Å². The van der Waals surface area contributed by atoms with Gasteiger partial charge in [-0.25, -0.2) is 0 Å². The maximum Gasteiger partial charge on any atom is 0.242 e. The van der Waals surface area contributed by atoms with Crippen molar-refractivity contribution in [1.82, 2.24) is 5.32 Å². The lowest BCUT2D eigenvalue weighted by atomic mass is 9.99. The fourth-order valence-electron chi connectivity index (χ4n) is 2.84. The van der Waals surface area contributed by atoms with Crippen molar-refractivity contribution in [2.75, 3.05) is 34.9 Å². The van der Waals surface area contributed by atoms with Crippen LogP contribution in [-0.4, -0.2) is 36.7 Å². The van der Waals surface area contributed by atoms with Gasteiger partial charge >= 0.3 is 0 Å². The number of benzene rings is 1. The predicted molar refractivity (Wildman–Crippen MR) is 89.9 cm³/mol. The van der Waals surface area contributed by atoms with Gasteiger partial charge in [0.25, 0.3) is 0 Å². The van der Waals surface area contributed by atoms with Crippen LogP contribution in [0.2, 0.25) is 0 Å². The van der Waals surface area contributed by atoms with E-state index >= 15 is 0 Å². The second kappa shape index (κ2) is 6.71. The highest BCUT2D eigenvalue weighted by Gasteiger charge is 2.22. The van der Waals surface area contributed by atoms with E-state index < -0.39 is 0 Å². The number of amides is 1. The summed E-state index contributed by atoms with van der Waals surface area (Å²) in [6.07, 6.45) is 2.50. The first-order valence-electron chi connectivity index (χ1n) is 7.69. The zero-order valence-corrected chi connectivity index (χ0v) is 13.3. The standard InChI is InChI=1S/C16H23N3OS/c1-12-5-7-19(8-6-12)14-4-2-3-13(9-14)18-16(20)15-10-21-11-17-15/h2-4,9,12,15,17H,5-8,10-11H2,1H3,(H,18,20). The zero-order valence-electron chi connectivity index (χ0n) is 12.5. The number of nitrogens with one attached hydrogen (secondary N) is 2. The number of hydrogen-bond acceptors (Lipinski definition) is 4. The molecule has 1 unspecified atom stereocenters. The second-order valence-corrected chi connectivity index (χ2v) is 7.01. The monoisotopic (exact) mass is 305 g/mol. The normalized spacial score (nSPS) is 23.3. The largest absolute Gasteiger partial charge is 0.371 e. The van der Waals surface area contributed by atoms with E-state index in [0.717, 1.165) is 36.3 Å². The summed E-state index contributed by atoms with van der Waals surface area (Å²) >= 11 is 1.77. The number of carbonyl (C=O) groups is 1. The fraction of sp³-hybridized carbons (Fsp3) is 0.562. The van der Waals surface area contributed by atoms with Crippen LogP contribution in [0.15, 0.2) is 24.3 Å². The van der Waals surface area contributed by atoms with Gasteiger partial charge < -0.3 is 10.2 Å². The molecule has 2 heterocycles. The molecule has 1 aromatic carbocycles. The Morgan fingerprint density at radius 3 is 2.90 bits per heavy atom. The van der Waals surface area contributed by atoms with Crippen molar-refractivity contribution in [3.63, 3.8) is 0 Å². The number of rotatable bonds is 3. The topological polar surface area (TPSA) is 44.4 Å². The van der Waals surface area contributed by atoms with Crippen LogP contribution in [0.4, 0.5) is 11.4 Å². The third kappa shape index (κ3) is 3.71. The van der Waals surface area contributed by atoms with Gasteiger partial charge in [-0.3, -0.25) is 10.1 Å². The maximum atomic E-state index is 12.1. The Labute approximate surface area is 130 Å². The van der Waals surface area contributed by atoms with Gasteiger partial charge in [0.05, 0.1) is 6.04 Å². The van der Waals surface area contributed by atoms with Crippen LogP contribution < -0.4 is 15.5 Å². The van der Waals surface area contributed by atoms with Crippen molar-refractivity contribution >= 4 is 29.0 Å². The smallest absolute Gasteiger partial charge is 0.242 e. The molecule has 2 N–H and O–H groups in total. The summed E-state index contributed by atoms with van der Waals surface area (Å²) in [5.74, 6) is 2.62. The number of nitrogens with zero attached hydrogens (tertiary/aromatic N) is 1. The van der Waals surface area contributed by atoms with E-state index in [4.69, 9.17) is 0 Å². The minimum atomic E-state index is -0.0607. The summed E-state index contributed by atoms with van der Waals surface area (Å²) < 4.78 is 0. The van der Waals surface area contributed by atoms with Gasteiger partial charge in [-0.15, -0.1) is 11.8 Å². The highest BCUT2D eigenvalue weighted by atomic mass is 32.2. The Morgan fingerprint density at radius 1 is 1.38 bits per heavy atom. The molecule has 0 aliphatic carbocycles. The molecule has 2 aliphatic rings. The lowest BCUT2D eigenvalue weighted by molar-refractivity contribution is -0.117. The number of hydrogen-bond donors (Lipinski definition) is 2. The first-order valence-corrected chi connectivity index (χ1v) is 8.85. The summed E-state index contributed by atoms with van der Waals surface area (Å²) in [5.41, 5.74) is 2.11. The third-order valence-electron chi connectivity index (χ3n) is 4.30. The molecule has 0 spiro atoms. The molecule has 0 bridgehead atoms. The van der Waals surface area contributed by atoms with Crippen LogP contribution in [0.3, 0.4) is 0 Å². The molecule has 3 rings (SSSR count). The van der Waals surface area contributed by atoms with Crippen LogP contribution in [0.1, 0.15) is 19.8 Å². The van der Waals surface area contributed by atoms with E-state index in [9.17, 15) is 4.79 Å².